The Kier molecular flexibility index (Phi) is 4.50. The zero-order valence-corrected chi connectivity index (χ0v) is 15.9. The van der Waals surface area contributed by atoms with E-state index in [0.29, 0.717) is 0 Å². The van der Waals surface area contributed by atoms with Crippen LogP contribution in [0.4, 0.5) is 11.6 Å². The van der Waals surface area contributed by atoms with Crippen LogP contribution in [-0.2, 0) is 12.8 Å². The zero-order valence-electron chi connectivity index (χ0n) is 15.1. The fourth-order valence-electron chi connectivity index (χ4n) is 3.73. The standard InChI is InChI=1S/C18H24N6S/c1-12-13(2)21-18(25-3)22-16(12)23-7-9-24(10-8-23)17-14-5-4-6-15(14)19-11-20-17/h11H,4-10H2,1-3H3. The molecule has 1 fully saturated rings. The second kappa shape index (κ2) is 6.78. The Hall–Kier alpha value is -1.89. The van der Waals surface area contributed by atoms with Crippen molar-refractivity contribution < 1.29 is 0 Å². The quantitative estimate of drug-likeness (QED) is 0.618. The minimum absolute atomic E-state index is 0.856. The maximum atomic E-state index is 4.76. The van der Waals surface area contributed by atoms with E-state index in [1.807, 2.05) is 6.26 Å². The van der Waals surface area contributed by atoms with Crippen LogP contribution in [0.1, 0.15) is 28.9 Å². The number of aryl methyl sites for hydroxylation is 2. The van der Waals surface area contributed by atoms with Gasteiger partial charge in [-0.15, -0.1) is 0 Å². The number of thioether (sulfide) groups is 1. The molecule has 0 atom stereocenters. The molecule has 7 heteroatoms. The van der Waals surface area contributed by atoms with Gasteiger partial charge in [-0.25, -0.2) is 19.9 Å². The van der Waals surface area contributed by atoms with Crippen LogP contribution in [0.3, 0.4) is 0 Å². The molecule has 0 spiro atoms. The summed E-state index contributed by atoms with van der Waals surface area (Å²) in [5.41, 5.74) is 4.88. The van der Waals surface area contributed by atoms with Gasteiger partial charge in [-0.2, -0.15) is 0 Å². The number of nitrogens with zero attached hydrogens (tertiary/aromatic N) is 6. The minimum Gasteiger partial charge on any atom is -0.353 e. The number of anilines is 2. The molecule has 2 aromatic heterocycles. The molecule has 6 nitrogen and oxygen atoms in total. The third kappa shape index (κ3) is 3.05. The van der Waals surface area contributed by atoms with E-state index in [1.54, 1.807) is 18.1 Å². The summed E-state index contributed by atoms with van der Waals surface area (Å²) in [6.07, 6.45) is 7.18. The van der Waals surface area contributed by atoms with E-state index < -0.39 is 0 Å². The smallest absolute Gasteiger partial charge is 0.189 e. The van der Waals surface area contributed by atoms with Gasteiger partial charge in [0.1, 0.15) is 18.0 Å². The lowest BCUT2D eigenvalue weighted by atomic mass is 10.2. The Morgan fingerprint density at radius 1 is 0.920 bits per heavy atom. The lowest BCUT2D eigenvalue weighted by Gasteiger charge is -2.37. The first kappa shape index (κ1) is 16.6. The van der Waals surface area contributed by atoms with Gasteiger partial charge in [0.25, 0.3) is 0 Å². The molecule has 0 amide bonds. The van der Waals surface area contributed by atoms with Crippen LogP contribution >= 0.6 is 11.8 Å². The Morgan fingerprint density at radius 3 is 2.36 bits per heavy atom. The van der Waals surface area contributed by atoms with Crippen LogP contribution in [0.5, 0.6) is 0 Å². The summed E-state index contributed by atoms with van der Waals surface area (Å²) in [4.78, 5) is 23.2. The van der Waals surface area contributed by atoms with Crippen LogP contribution in [0.25, 0.3) is 0 Å². The molecule has 0 bridgehead atoms. The van der Waals surface area contributed by atoms with Crippen molar-refractivity contribution in [1.29, 1.82) is 0 Å². The molecule has 0 radical (unpaired) electrons. The highest BCUT2D eigenvalue weighted by Crippen LogP contribution is 2.30. The summed E-state index contributed by atoms with van der Waals surface area (Å²) in [6, 6.07) is 0. The molecular weight excluding hydrogens is 332 g/mol. The van der Waals surface area contributed by atoms with Gasteiger partial charge < -0.3 is 9.80 Å². The average Bonchev–Trinajstić information content (AvgIpc) is 3.13. The first-order valence-electron chi connectivity index (χ1n) is 8.89. The highest BCUT2D eigenvalue weighted by atomic mass is 32.2. The third-order valence-electron chi connectivity index (χ3n) is 5.26. The predicted molar refractivity (Wildman–Crippen MR) is 102 cm³/mol. The molecule has 1 aliphatic heterocycles. The maximum absolute atomic E-state index is 4.76. The highest BCUT2D eigenvalue weighted by Gasteiger charge is 2.25. The third-order valence-corrected chi connectivity index (χ3v) is 5.80. The van der Waals surface area contributed by atoms with E-state index in [2.05, 4.69) is 38.6 Å². The van der Waals surface area contributed by atoms with Gasteiger partial charge in [0.15, 0.2) is 5.16 Å². The van der Waals surface area contributed by atoms with Crippen molar-refractivity contribution in [3.05, 3.63) is 28.8 Å². The van der Waals surface area contributed by atoms with E-state index in [0.717, 1.165) is 61.5 Å². The van der Waals surface area contributed by atoms with Gasteiger partial charge in [0.05, 0.1) is 0 Å². The summed E-state index contributed by atoms with van der Waals surface area (Å²) >= 11 is 1.60. The average molecular weight is 356 g/mol. The monoisotopic (exact) mass is 356 g/mol. The molecule has 0 saturated carbocycles. The van der Waals surface area contributed by atoms with E-state index in [1.165, 1.54) is 23.2 Å². The van der Waals surface area contributed by atoms with Crippen molar-refractivity contribution in [2.45, 2.75) is 38.3 Å². The van der Waals surface area contributed by atoms with Gasteiger partial charge in [-0.3, -0.25) is 0 Å². The Labute approximate surface area is 153 Å². The van der Waals surface area contributed by atoms with Crippen LogP contribution in [0.2, 0.25) is 0 Å². The topological polar surface area (TPSA) is 58.0 Å². The number of hydrogen-bond acceptors (Lipinski definition) is 7. The molecule has 2 aromatic rings. The molecule has 0 N–H and O–H groups in total. The number of rotatable bonds is 3. The van der Waals surface area contributed by atoms with Crippen molar-refractivity contribution >= 4 is 23.4 Å². The number of aromatic nitrogens is 4. The molecule has 1 saturated heterocycles. The molecule has 4 rings (SSSR count). The summed E-state index contributed by atoms with van der Waals surface area (Å²) in [5.74, 6) is 2.24. The highest BCUT2D eigenvalue weighted by molar-refractivity contribution is 7.98. The largest absolute Gasteiger partial charge is 0.353 e. The lowest BCUT2D eigenvalue weighted by Crippen LogP contribution is -2.47. The fraction of sp³-hybridized carbons (Fsp3) is 0.556. The Morgan fingerprint density at radius 2 is 1.64 bits per heavy atom. The molecule has 0 aromatic carbocycles. The van der Waals surface area contributed by atoms with Crippen molar-refractivity contribution in [1.82, 2.24) is 19.9 Å². The molecule has 132 valence electrons. The van der Waals surface area contributed by atoms with E-state index in [9.17, 15) is 0 Å². The Bertz CT molecular complexity index is 785. The number of fused-ring (bicyclic) bond motifs is 1. The SMILES string of the molecule is CSc1nc(C)c(C)c(N2CCN(c3ncnc4c3CCC4)CC2)n1. The summed E-state index contributed by atoms with van der Waals surface area (Å²) in [5, 5.41) is 0.856. The van der Waals surface area contributed by atoms with Crippen molar-refractivity contribution in [2.75, 3.05) is 42.2 Å². The van der Waals surface area contributed by atoms with Gasteiger partial charge >= 0.3 is 0 Å². The second-order valence-electron chi connectivity index (χ2n) is 6.69. The first-order valence-corrected chi connectivity index (χ1v) is 10.1. The van der Waals surface area contributed by atoms with Crippen molar-refractivity contribution in [2.24, 2.45) is 0 Å². The molecular formula is C18H24N6S. The summed E-state index contributed by atoms with van der Waals surface area (Å²) < 4.78 is 0. The molecule has 1 aliphatic carbocycles. The number of piperazine rings is 1. The van der Waals surface area contributed by atoms with Gasteiger partial charge in [-0.1, -0.05) is 11.8 Å². The molecule has 2 aliphatic rings. The van der Waals surface area contributed by atoms with E-state index >= 15 is 0 Å². The zero-order chi connectivity index (χ0) is 17.4. The van der Waals surface area contributed by atoms with Crippen LogP contribution in [0.15, 0.2) is 11.5 Å². The van der Waals surface area contributed by atoms with Gasteiger partial charge in [-0.05, 0) is 39.4 Å². The van der Waals surface area contributed by atoms with Crippen molar-refractivity contribution in [3.8, 4) is 0 Å². The van der Waals surface area contributed by atoms with Gasteiger partial charge in [0, 0.05) is 48.7 Å². The van der Waals surface area contributed by atoms with Crippen molar-refractivity contribution in [3.63, 3.8) is 0 Å². The van der Waals surface area contributed by atoms with E-state index in [-0.39, 0.29) is 0 Å². The van der Waals surface area contributed by atoms with Gasteiger partial charge in [0.2, 0.25) is 0 Å². The predicted octanol–water partition coefficient (Wildman–Crippen LogP) is 2.42. The molecule has 0 unspecified atom stereocenters. The van der Waals surface area contributed by atoms with Crippen LogP contribution < -0.4 is 9.80 Å². The molecule has 25 heavy (non-hydrogen) atoms. The summed E-state index contributed by atoms with van der Waals surface area (Å²) in [7, 11) is 0. The summed E-state index contributed by atoms with van der Waals surface area (Å²) in [6.45, 7) is 8.06. The van der Waals surface area contributed by atoms with Crippen LogP contribution in [0, 0.1) is 13.8 Å². The lowest BCUT2D eigenvalue weighted by molar-refractivity contribution is 0.632. The Balaban J connectivity index is 1.53. The van der Waals surface area contributed by atoms with Crippen LogP contribution in [-0.4, -0.2) is 52.4 Å². The minimum atomic E-state index is 0.856. The molecule has 3 heterocycles. The van der Waals surface area contributed by atoms with E-state index in [4.69, 9.17) is 4.98 Å². The fourth-order valence-corrected chi connectivity index (χ4v) is 4.14. The second-order valence-corrected chi connectivity index (χ2v) is 7.47. The maximum Gasteiger partial charge on any atom is 0.189 e. The number of hydrogen-bond donors (Lipinski definition) is 0. The first-order chi connectivity index (χ1) is 12.2. The normalized spacial score (nSPS) is 17.1.